The molecule has 0 saturated carbocycles. The molecule has 4 heterocycles. The van der Waals surface area contributed by atoms with Crippen molar-refractivity contribution in [1.29, 1.82) is 0 Å². The first-order valence-corrected chi connectivity index (χ1v) is 13.2. The minimum Gasteiger partial charge on any atom is -0.496 e. The van der Waals surface area contributed by atoms with E-state index < -0.39 is 6.09 Å². The van der Waals surface area contributed by atoms with E-state index >= 15 is 0 Å². The molecule has 1 aromatic carbocycles. The third kappa shape index (κ3) is 4.92. The second-order valence-electron chi connectivity index (χ2n) is 9.80. The number of nitrogens with zero attached hydrogens (tertiary/aromatic N) is 5. The Morgan fingerprint density at radius 1 is 1.24 bits per heavy atom. The molecule has 0 radical (unpaired) electrons. The normalized spacial score (nSPS) is 19.7. The van der Waals surface area contributed by atoms with E-state index in [0.29, 0.717) is 29.4 Å². The predicted molar refractivity (Wildman–Crippen MR) is 141 cm³/mol. The zero-order chi connectivity index (χ0) is 26.1. The van der Waals surface area contributed by atoms with Crippen molar-refractivity contribution >= 4 is 34.7 Å². The molecule has 11 heteroatoms. The first-order valence-electron chi connectivity index (χ1n) is 12.8. The second-order valence-corrected chi connectivity index (χ2v) is 10.2. The number of imidazole rings is 1. The summed E-state index contributed by atoms with van der Waals surface area (Å²) in [6.07, 6.45) is 6.94. The maximum Gasteiger partial charge on any atom is 0.407 e. The summed E-state index contributed by atoms with van der Waals surface area (Å²) < 4.78 is 13.9. The van der Waals surface area contributed by atoms with Crippen LogP contribution in [0.1, 0.15) is 73.9 Å². The number of piperidine rings is 1. The topological polar surface area (TPSA) is 115 Å². The first kappa shape index (κ1) is 25.5. The van der Waals surface area contributed by atoms with Crippen molar-refractivity contribution in [2.24, 2.45) is 0 Å². The summed E-state index contributed by atoms with van der Waals surface area (Å²) >= 11 is 6.73. The van der Waals surface area contributed by atoms with Crippen LogP contribution in [0, 0.1) is 6.92 Å². The Morgan fingerprint density at radius 2 is 2.03 bits per heavy atom. The number of carboxylic acid groups (broad SMARTS) is 1. The van der Waals surface area contributed by atoms with Crippen LogP contribution in [0.3, 0.4) is 0 Å². The van der Waals surface area contributed by atoms with Gasteiger partial charge in [0.15, 0.2) is 17.0 Å². The number of hydrogen-bond donors (Lipinski definition) is 2. The molecule has 2 unspecified atom stereocenters. The zero-order valence-electron chi connectivity index (χ0n) is 21.4. The molecule has 2 fully saturated rings. The van der Waals surface area contributed by atoms with Gasteiger partial charge in [-0.05, 0) is 63.5 Å². The molecular formula is C26H33ClN6O4. The van der Waals surface area contributed by atoms with E-state index in [4.69, 9.17) is 21.1 Å². The molecule has 10 nitrogen and oxygen atoms in total. The maximum absolute atomic E-state index is 11.4. The van der Waals surface area contributed by atoms with Gasteiger partial charge in [-0.25, -0.2) is 19.7 Å². The molecule has 3 aromatic rings. The third-order valence-electron chi connectivity index (χ3n) is 7.57. The summed E-state index contributed by atoms with van der Waals surface area (Å²) in [4.78, 5) is 26.4. The van der Waals surface area contributed by atoms with Gasteiger partial charge in [0.25, 0.3) is 0 Å². The SMILES string of the molecule is COc1c(C(C)Nc2ncnc3c2ncn3C2CCCCO2)cc(Cl)c(C)c1C1CCN(C(=O)O)CC1. The van der Waals surface area contributed by atoms with Crippen LogP contribution in [0.2, 0.25) is 5.02 Å². The highest BCUT2D eigenvalue weighted by atomic mass is 35.5. The second kappa shape index (κ2) is 10.7. The van der Waals surface area contributed by atoms with Crippen LogP contribution in [-0.2, 0) is 4.74 Å². The number of aromatic nitrogens is 4. The number of carbonyl (C=O) groups is 1. The number of fused-ring (bicyclic) bond motifs is 1. The number of ether oxygens (including phenoxy) is 2. The van der Waals surface area contributed by atoms with Gasteiger partial charge in [0.2, 0.25) is 0 Å². The fourth-order valence-electron chi connectivity index (χ4n) is 5.56. The molecule has 198 valence electrons. The number of methoxy groups -OCH3 is 1. The van der Waals surface area contributed by atoms with Crippen LogP contribution in [0.5, 0.6) is 5.75 Å². The van der Waals surface area contributed by atoms with E-state index in [1.165, 1.54) is 4.90 Å². The van der Waals surface area contributed by atoms with Crippen LogP contribution in [-0.4, -0.2) is 62.4 Å². The van der Waals surface area contributed by atoms with Crippen molar-refractivity contribution in [2.75, 3.05) is 32.1 Å². The van der Waals surface area contributed by atoms with Gasteiger partial charge in [0, 0.05) is 35.8 Å². The predicted octanol–water partition coefficient (Wildman–Crippen LogP) is 5.53. The molecule has 2 N–H and O–H groups in total. The lowest BCUT2D eigenvalue weighted by Crippen LogP contribution is -2.37. The number of halogens is 1. The summed E-state index contributed by atoms with van der Waals surface area (Å²) in [5.74, 6) is 1.57. The number of nitrogens with one attached hydrogen (secondary N) is 1. The summed E-state index contributed by atoms with van der Waals surface area (Å²) in [6, 6.07) is 1.75. The average Bonchev–Trinajstić information content (AvgIpc) is 3.35. The number of hydrogen-bond acceptors (Lipinski definition) is 7. The van der Waals surface area contributed by atoms with Crippen LogP contribution < -0.4 is 10.1 Å². The fraction of sp³-hybridized carbons (Fsp3) is 0.538. The van der Waals surface area contributed by atoms with Crippen LogP contribution in [0.15, 0.2) is 18.7 Å². The van der Waals surface area contributed by atoms with E-state index in [-0.39, 0.29) is 18.2 Å². The first-order chi connectivity index (χ1) is 17.9. The van der Waals surface area contributed by atoms with Gasteiger partial charge in [0.1, 0.15) is 18.3 Å². The standard InChI is InChI=1S/C26H33ClN6O4/c1-15-19(27)12-18(23(36-3)21(15)17-7-9-32(10-8-17)26(34)35)16(2)31-24-22-25(29-13-28-24)33(14-30-22)20-6-4-5-11-37-20/h12-14,16-17,20H,4-11H2,1-3H3,(H,34,35)(H,28,29,31). The molecule has 0 aliphatic carbocycles. The lowest BCUT2D eigenvalue weighted by Gasteiger charge is -2.33. The Bertz CT molecular complexity index is 1280. The van der Waals surface area contributed by atoms with E-state index in [9.17, 15) is 9.90 Å². The van der Waals surface area contributed by atoms with Crippen molar-refractivity contribution in [2.45, 2.75) is 64.1 Å². The number of amides is 1. The van der Waals surface area contributed by atoms with Crippen LogP contribution >= 0.6 is 11.6 Å². The van der Waals surface area contributed by atoms with E-state index in [2.05, 4.69) is 20.3 Å². The molecule has 37 heavy (non-hydrogen) atoms. The third-order valence-corrected chi connectivity index (χ3v) is 7.97. The monoisotopic (exact) mass is 528 g/mol. The molecule has 2 aliphatic heterocycles. The number of likely N-dealkylation sites (tertiary alicyclic amines) is 1. The molecule has 5 rings (SSSR count). The van der Waals surface area contributed by atoms with Gasteiger partial charge >= 0.3 is 6.09 Å². The minimum absolute atomic E-state index is 0.0648. The molecule has 2 saturated heterocycles. The van der Waals surface area contributed by atoms with E-state index in [1.807, 2.05) is 24.5 Å². The molecule has 2 aromatic heterocycles. The highest BCUT2D eigenvalue weighted by molar-refractivity contribution is 6.31. The molecule has 2 aliphatic rings. The Hall–Kier alpha value is -3.11. The van der Waals surface area contributed by atoms with E-state index in [1.54, 1.807) is 19.8 Å². The fourth-order valence-corrected chi connectivity index (χ4v) is 5.78. The number of benzene rings is 1. The number of rotatable bonds is 6. The van der Waals surface area contributed by atoms with Gasteiger partial charge in [-0.3, -0.25) is 4.57 Å². The Labute approximate surface area is 221 Å². The molecule has 0 bridgehead atoms. The molecular weight excluding hydrogens is 496 g/mol. The Balaban J connectivity index is 1.45. The molecule has 0 spiro atoms. The zero-order valence-corrected chi connectivity index (χ0v) is 22.2. The molecule has 2 atom stereocenters. The van der Waals surface area contributed by atoms with Crippen molar-refractivity contribution in [3.05, 3.63) is 40.4 Å². The summed E-state index contributed by atoms with van der Waals surface area (Å²) in [7, 11) is 1.67. The van der Waals surface area contributed by atoms with Crippen LogP contribution in [0.4, 0.5) is 10.6 Å². The van der Waals surface area contributed by atoms with Crippen molar-refractivity contribution in [3.63, 3.8) is 0 Å². The smallest absolute Gasteiger partial charge is 0.407 e. The van der Waals surface area contributed by atoms with Crippen molar-refractivity contribution < 1.29 is 19.4 Å². The van der Waals surface area contributed by atoms with Crippen molar-refractivity contribution in [1.82, 2.24) is 24.4 Å². The summed E-state index contributed by atoms with van der Waals surface area (Å²) in [6.45, 7) is 5.76. The van der Waals surface area contributed by atoms with E-state index in [0.717, 1.165) is 66.8 Å². The lowest BCUT2D eigenvalue weighted by atomic mass is 9.84. The van der Waals surface area contributed by atoms with Crippen LogP contribution in [0.25, 0.3) is 11.2 Å². The highest BCUT2D eigenvalue weighted by Gasteiger charge is 2.30. The minimum atomic E-state index is -0.875. The van der Waals surface area contributed by atoms with Gasteiger partial charge in [0.05, 0.1) is 19.5 Å². The van der Waals surface area contributed by atoms with Gasteiger partial charge in [-0.15, -0.1) is 0 Å². The van der Waals surface area contributed by atoms with Gasteiger partial charge < -0.3 is 24.8 Å². The lowest BCUT2D eigenvalue weighted by molar-refractivity contribution is -0.0298. The summed E-state index contributed by atoms with van der Waals surface area (Å²) in [5, 5.41) is 13.5. The molecule has 1 amide bonds. The Kier molecular flexibility index (Phi) is 7.39. The van der Waals surface area contributed by atoms with Crippen molar-refractivity contribution in [3.8, 4) is 5.75 Å². The Morgan fingerprint density at radius 3 is 2.70 bits per heavy atom. The van der Waals surface area contributed by atoms with Gasteiger partial charge in [-0.2, -0.15) is 0 Å². The highest BCUT2D eigenvalue weighted by Crippen LogP contribution is 2.44. The maximum atomic E-state index is 11.4. The quantitative estimate of drug-likeness (QED) is 0.429. The largest absolute Gasteiger partial charge is 0.496 e. The summed E-state index contributed by atoms with van der Waals surface area (Å²) in [5.41, 5.74) is 4.35. The number of anilines is 1. The van der Waals surface area contributed by atoms with Gasteiger partial charge in [-0.1, -0.05) is 11.6 Å². The average molecular weight is 529 g/mol.